The van der Waals surface area contributed by atoms with E-state index in [0.29, 0.717) is 0 Å². The van der Waals surface area contributed by atoms with E-state index in [2.05, 4.69) is 0 Å². The highest BCUT2D eigenvalue weighted by Gasteiger charge is 2.22. The van der Waals surface area contributed by atoms with Crippen molar-refractivity contribution >= 4 is 17.9 Å². The van der Waals surface area contributed by atoms with E-state index in [1.165, 1.54) is 0 Å². The number of thioether (sulfide) groups is 1. The first-order valence-corrected chi connectivity index (χ1v) is 6.12. The van der Waals surface area contributed by atoms with Gasteiger partial charge in [0.2, 0.25) is 0 Å². The van der Waals surface area contributed by atoms with Crippen LogP contribution in [-0.2, 0) is 4.74 Å². The maximum Gasteiger partial charge on any atom is 0.410 e. The minimum absolute atomic E-state index is 0.208. The van der Waals surface area contributed by atoms with Crippen molar-refractivity contribution in [1.82, 2.24) is 4.90 Å². The summed E-state index contributed by atoms with van der Waals surface area (Å²) in [4.78, 5) is 13.2. The number of rotatable bonds is 3. The van der Waals surface area contributed by atoms with Gasteiger partial charge in [0.25, 0.3) is 0 Å². The van der Waals surface area contributed by atoms with Crippen molar-refractivity contribution in [2.75, 3.05) is 19.1 Å². The molecule has 0 aliphatic carbocycles. The predicted molar refractivity (Wildman–Crippen MR) is 61.8 cm³/mol. The second-order valence-corrected chi connectivity index (χ2v) is 5.31. The summed E-state index contributed by atoms with van der Waals surface area (Å²) in [6.45, 7) is 7.63. The van der Waals surface area contributed by atoms with E-state index in [-0.39, 0.29) is 12.1 Å². The van der Waals surface area contributed by atoms with Crippen molar-refractivity contribution in [2.45, 2.75) is 39.3 Å². The van der Waals surface area contributed by atoms with Gasteiger partial charge in [0, 0.05) is 18.8 Å². The van der Waals surface area contributed by atoms with Crippen molar-refractivity contribution < 1.29 is 9.53 Å². The monoisotopic (exact) mass is 219 g/mol. The van der Waals surface area contributed by atoms with E-state index in [4.69, 9.17) is 4.74 Å². The Hall–Kier alpha value is -0.380. The summed E-state index contributed by atoms with van der Waals surface area (Å²) in [5, 5.41) is 0. The van der Waals surface area contributed by atoms with Gasteiger partial charge in [-0.15, -0.1) is 0 Å². The van der Waals surface area contributed by atoms with Gasteiger partial charge in [-0.2, -0.15) is 11.8 Å². The summed E-state index contributed by atoms with van der Waals surface area (Å²) in [6.07, 6.45) is 1.78. The smallest absolute Gasteiger partial charge is 0.410 e. The standard InChI is InChI=1S/C10H21NO2S/c1-8(7-14-6)11(5)9(12)13-10(2,3)4/h8H,7H2,1-6H3. The van der Waals surface area contributed by atoms with Crippen LogP contribution in [-0.4, -0.2) is 41.7 Å². The second-order valence-electron chi connectivity index (χ2n) is 4.40. The Balaban J connectivity index is 4.12. The molecule has 0 aromatic carbocycles. The molecule has 84 valence electrons. The van der Waals surface area contributed by atoms with E-state index < -0.39 is 5.60 Å². The van der Waals surface area contributed by atoms with Gasteiger partial charge in [-0.05, 0) is 34.0 Å². The fourth-order valence-corrected chi connectivity index (χ4v) is 1.57. The number of ether oxygens (including phenoxy) is 1. The van der Waals surface area contributed by atoms with Crippen LogP contribution in [0.1, 0.15) is 27.7 Å². The molecule has 0 saturated heterocycles. The molecule has 1 unspecified atom stereocenters. The molecule has 0 rings (SSSR count). The third kappa shape index (κ3) is 5.37. The first-order chi connectivity index (χ1) is 6.28. The van der Waals surface area contributed by atoms with Crippen LogP contribution in [0, 0.1) is 0 Å². The molecule has 0 aliphatic heterocycles. The molecular formula is C10H21NO2S. The van der Waals surface area contributed by atoms with Gasteiger partial charge in [-0.3, -0.25) is 0 Å². The molecule has 4 heteroatoms. The Morgan fingerprint density at radius 3 is 2.36 bits per heavy atom. The van der Waals surface area contributed by atoms with E-state index >= 15 is 0 Å². The van der Waals surface area contributed by atoms with Gasteiger partial charge in [-0.1, -0.05) is 0 Å². The number of hydrogen-bond acceptors (Lipinski definition) is 3. The van der Waals surface area contributed by atoms with Crippen molar-refractivity contribution in [3.05, 3.63) is 0 Å². The van der Waals surface area contributed by atoms with Crippen LogP contribution in [0.4, 0.5) is 4.79 Å². The van der Waals surface area contributed by atoms with E-state index in [1.807, 2.05) is 34.0 Å². The molecule has 3 nitrogen and oxygen atoms in total. The Bertz CT molecular complexity index is 189. The maximum absolute atomic E-state index is 11.6. The fourth-order valence-electron chi connectivity index (χ4n) is 0.867. The molecule has 0 N–H and O–H groups in total. The van der Waals surface area contributed by atoms with Gasteiger partial charge in [0.15, 0.2) is 0 Å². The topological polar surface area (TPSA) is 29.5 Å². The van der Waals surface area contributed by atoms with Gasteiger partial charge < -0.3 is 9.64 Å². The zero-order valence-corrected chi connectivity index (χ0v) is 10.8. The van der Waals surface area contributed by atoms with Crippen molar-refractivity contribution in [2.24, 2.45) is 0 Å². The summed E-state index contributed by atoms with van der Waals surface area (Å²) in [7, 11) is 1.77. The summed E-state index contributed by atoms with van der Waals surface area (Å²) in [5.41, 5.74) is -0.412. The lowest BCUT2D eigenvalue weighted by molar-refractivity contribution is 0.0252. The third-order valence-electron chi connectivity index (χ3n) is 1.75. The summed E-state index contributed by atoms with van der Waals surface area (Å²) in [6, 6.07) is 0.208. The van der Waals surface area contributed by atoms with Crippen LogP contribution in [0.25, 0.3) is 0 Å². The summed E-state index contributed by atoms with van der Waals surface area (Å²) < 4.78 is 5.24. The molecule has 0 aromatic rings. The molecule has 0 aromatic heterocycles. The van der Waals surface area contributed by atoms with Crippen LogP contribution in [0.2, 0.25) is 0 Å². The first kappa shape index (κ1) is 13.6. The summed E-state index contributed by atoms with van der Waals surface area (Å²) >= 11 is 1.72. The second kappa shape index (κ2) is 5.49. The highest BCUT2D eigenvalue weighted by Crippen LogP contribution is 2.12. The summed E-state index contributed by atoms with van der Waals surface area (Å²) in [5.74, 6) is 0.926. The quantitative estimate of drug-likeness (QED) is 0.730. The van der Waals surface area contributed by atoms with Gasteiger partial charge in [-0.25, -0.2) is 4.79 Å². The van der Waals surface area contributed by atoms with Gasteiger partial charge in [0.1, 0.15) is 5.60 Å². The predicted octanol–water partition coefficient (Wildman–Crippen LogP) is 2.60. The largest absolute Gasteiger partial charge is 0.444 e. The Morgan fingerprint density at radius 1 is 1.50 bits per heavy atom. The fraction of sp³-hybridized carbons (Fsp3) is 0.900. The molecule has 0 fully saturated rings. The molecule has 0 saturated carbocycles. The highest BCUT2D eigenvalue weighted by molar-refractivity contribution is 7.98. The molecule has 1 amide bonds. The Morgan fingerprint density at radius 2 is 2.00 bits per heavy atom. The lowest BCUT2D eigenvalue weighted by Crippen LogP contribution is -2.40. The van der Waals surface area contributed by atoms with Crippen molar-refractivity contribution in [1.29, 1.82) is 0 Å². The molecule has 0 aliphatic rings. The molecule has 0 bridgehead atoms. The molecule has 0 spiro atoms. The molecule has 0 heterocycles. The molecule has 1 atom stereocenters. The molecular weight excluding hydrogens is 198 g/mol. The van der Waals surface area contributed by atoms with Crippen molar-refractivity contribution in [3.8, 4) is 0 Å². The Kier molecular flexibility index (Phi) is 5.34. The minimum atomic E-state index is -0.412. The van der Waals surface area contributed by atoms with Gasteiger partial charge >= 0.3 is 6.09 Å². The molecule has 14 heavy (non-hydrogen) atoms. The van der Waals surface area contributed by atoms with Crippen LogP contribution < -0.4 is 0 Å². The van der Waals surface area contributed by atoms with E-state index in [0.717, 1.165) is 5.75 Å². The lowest BCUT2D eigenvalue weighted by atomic mass is 10.2. The van der Waals surface area contributed by atoms with Crippen LogP contribution in [0.5, 0.6) is 0 Å². The van der Waals surface area contributed by atoms with E-state index in [1.54, 1.807) is 23.7 Å². The average molecular weight is 219 g/mol. The van der Waals surface area contributed by atoms with Crippen LogP contribution >= 0.6 is 11.8 Å². The van der Waals surface area contributed by atoms with Crippen LogP contribution in [0.15, 0.2) is 0 Å². The van der Waals surface area contributed by atoms with Crippen LogP contribution in [0.3, 0.4) is 0 Å². The minimum Gasteiger partial charge on any atom is -0.444 e. The zero-order chi connectivity index (χ0) is 11.4. The first-order valence-electron chi connectivity index (χ1n) is 4.72. The molecule has 0 radical (unpaired) electrons. The lowest BCUT2D eigenvalue weighted by Gasteiger charge is -2.28. The Labute approximate surface area is 91.2 Å². The number of carbonyl (C=O) groups is 1. The number of amides is 1. The average Bonchev–Trinajstić information content (AvgIpc) is 2.00. The highest BCUT2D eigenvalue weighted by atomic mass is 32.2. The number of hydrogen-bond donors (Lipinski definition) is 0. The van der Waals surface area contributed by atoms with Crippen molar-refractivity contribution in [3.63, 3.8) is 0 Å². The zero-order valence-electron chi connectivity index (χ0n) is 9.96. The normalized spacial score (nSPS) is 13.6. The number of nitrogens with zero attached hydrogens (tertiary/aromatic N) is 1. The maximum atomic E-state index is 11.6. The number of carbonyl (C=O) groups excluding carboxylic acids is 1. The van der Waals surface area contributed by atoms with E-state index in [9.17, 15) is 4.79 Å². The third-order valence-corrected chi connectivity index (χ3v) is 2.57. The van der Waals surface area contributed by atoms with Gasteiger partial charge in [0.05, 0.1) is 0 Å². The SMILES string of the molecule is CSCC(C)N(C)C(=O)OC(C)(C)C.